The van der Waals surface area contributed by atoms with Gasteiger partial charge in [-0.1, -0.05) is 56.9 Å². The van der Waals surface area contributed by atoms with E-state index in [2.05, 4.69) is 32.1 Å². The summed E-state index contributed by atoms with van der Waals surface area (Å²) >= 11 is 0. The van der Waals surface area contributed by atoms with Gasteiger partial charge in [0.1, 0.15) is 0 Å². The Morgan fingerprint density at radius 1 is 0.688 bits per heavy atom. The lowest BCUT2D eigenvalue weighted by Crippen LogP contribution is -1.77. The third-order valence-electron chi connectivity index (χ3n) is 2.80. The Morgan fingerprint density at radius 3 is 1.69 bits per heavy atom. The van der Waals surface area contributed by atoms with Gasteiger partial charge in [-0.25, -0.2) is 0 Å². The van der Waals surface area contributed by atoms with E-state index in [-0.39, 0.29) is 0 Å². The summed E-state index contributed by atoms with van der Waals surface area (Å²) in [4.78, 5) is 0. The molecule has 0 aliphatic carbocycles. The van der Waals surface area contributed by atoms with Crippen LogP contribution in [-0.4, -0.2) is 0 Å². The molecule has 0 aliphatic rings. The summed E-state index contributed by atoms with van der Waals surface area (Å²) in [6, 6.07) is 0. The summed E-state index contributed by atoms with van der Waals surface area (Å²) in [6.07, 6.45) is 22.1. The lowest BCUT2D eigenvalue weighted by Gasteiger charge is -1.97. The molecule has 93 valence electrons. The van der Waals surface area contributed by atoms with Crippen LogP contribution in [0.15, 0.2) is 24.3 Å². The van der Waals surface area contributed by atoms with Crippen LogP contribution in [0, 0.1) is 6.92 Å². The van der Waals surface area contributed by atoms with Crippen LogP contribution >= 0.6 is 0 Å². The standard InChI is InChI=1S/C16H29/c1-3-5-7-9-11-13-15-16-14-12-10-8-6-4-2/h3,5,12,14H,1,4,6-11,13,15-16H2,2H3. The molecule has 0 aliphatic heterocycles. The Kier molecular flexibility index (Phi) is 14.0. The zero-order valence-corrected chi connectivity index (χ0v) is 11.1. The Bertz CT molecular complexity index is 165. The van der Waals surface area contributed by atoms with Gasteiger partial charge in [0, 0.05) is 0 Å². The Balaban J connectivity index is 3.02. The van der Waals surface area contributed by atoms with Crippen LogP contribution in [-0.2, 0) is 0 Å². The minimum atomic E-state index is 1.20. The first-order valence-electron chi connectivity index (χ1n) is 7.01. The number of hydrogen-bond donors (Lipinski definition) is 0. The summed E-state index contributed by atoms with van der Waals surface area (Å²) in [5, 5.41) is 0. The monoisotopic (exact) mass is 221 g/mol. The normalized spacial score (nSPS) is 11.9. The van der Waals surface area contributed by atoms with Gasteiger partial charge in [-0.15, -0.1) is 0 Å². The molecule has 0 spiro atoms. The molecule has 0 aromatic heterocycles. The zero-order chi connectivity index (χ0) is 11.9. The second kappa shape index (κ2) is 14.5. The molecule has 0 N–H and O–H groups in total. The van der Waals surface area contributed by atoms with Gasteiger partial charge in [-0.3, -0.25) is 0 Å². The highest BCUT2D eigenvalue weighted by molar-refractivity contribution is 4.83. The molecular weight excluding hydrogens is 192 g/mol. The third kappa shape index (κ3) is 13.5. The second-order valence-electron chi connectivity index (χ2n) is 4.43. The van der Waals surface area contributed by atoms with E-state index < -0.39 is 0 Å². The fraction of sp³-hybridized carbons (Fsp3) is 0.688. The third-order valence-corrected chi connectivity index (χ3v) is 2.80. The van der Waals surface area contributed by atoms with E-state index in [1.165, 1.54) is 64.2 Å². The molecule has 0 heteroatoms. The van der Waals surface area contributed by atoms with Gasteiger partial charge in [0.25, 0.3) is 0 Å². The predicted octanol–water partition coefficient (Wildman–Crippen LogP) is 5.85. The van der Waals surface area contributed by atoms with Gasteiger partial charge in [0.2, 0.25) is 0 Å². The van der Waals surface area contributed by atoms with Gasteiger partial charge in [0.15, 0.2) is 0 Å². The number of hydrogen-bond acceptors (Lipinski definition) is 0. The largest absolute Gasteiger partial charge is 0.0885 e. The van der Waals surface area contributed by atoms with Crippen molar-refractivity contribution in [3.63, 3.8) is 0 Å². The highest BCUT2D eigenvalue weighted by Crippen LogP contribution is 2.07. The second-order valence-corrected chi connectivity index (χ2v) is 4.43. The molecule has 0 aromatic rings. The van der Waals surface area contributed by atoms with Crippen LogP contribution in [0.25, 0.3) is 0 Å². The first kappa shape index (κ1) is 15.5. The van der Waals surface area contributed by atoms with Crippen LogP contribution < -0.4 is 0 Å². The minimum Gasteiger partial charge on any atom is -0.0885 e. The molecule has 0 saturated carbocycles. The van der Waals surface area contributed by atoms with E-state index in [0.29, 0.717) is 0 Å². The van der Waals surface area contributed by atoms with E-state index in [9.17, 15) is 0 Å². The van der Waals surface area contributed by atoms with Crippen LogP contribution in [0.1, 0.15) is 71.1 Å². The molecule has 0 fully saturated rings. The van der Waals surface area contributed by atoms with Crippen molar-refractivity contribution in [2.45, 2.75) is 71.1 Å². The smallest absolute Gasteiger partial charge is 0.0316 e. The van der Waals surface area contributed by atoms with Crippen molar-refractivity contribution in [1.29, 1.82) is 0 Å². The molecule has 0 bridgehead atoms. The van der Waals surface area contributed by atoms with E-state index in [1.807, 2.05) is 6.08 Å². The van der Waals surface area contributed by atoms with Crippen molar-refractivity contribution in [2.24, 2.45) is 0 Å². The van der Waals surface area contributed by atoms with Crippen LogP contribution in [0.3, 0.4) is 0 Å². The van der Waals surface area contributed by atoms with Gasteiger partial charge in [-0.05, 0) is 45.4 Å². The summed E-state index contributed by atoms with van der Waals surface area (Å²) in [6.45, 7) is 5.94. The van der Waals surface area contributed by atoms with Crippen molar-refractivity contribution in [3.8, 4) is 0 Å². The quantitative estimate of drug-likeness (QED) is 0.303. The molecule has 1 radical (unpaired) electrons. The molecule has 0 saturated heterocycles. The topological polar surface area (TPSA) is 0 Å². The van der Waals surface area contributed by atoms with Crippen molar-refractivity contribution in [3.05, 3.63) is 31.2 Å². The first-order valence-corrected chi connectivity index (χ1v) is 7.01. The van der Waals surface area contributed by atoms with E-state index in [1.54, 1.807) is 0 Å². The molecular formula is C16H29. The number of unbranched alkanes of at least 4 members (excludes halogenated alkanes) is 8. The summed E-state index contributed by atoms with van der Waals surface area (Å²) in [5.74, 6) is 0. The van der Waals surface area contributed by atoms with Gasteiger partial charge in [0.05, 0.1) is 0 Å². The van der Waals surface area contributed by atoms with E-state index in [4.69, 9.17) is 0 Å². The Morgan fingerprint density at radius 2 is 1.19 bits per heavy atom. The maximum atomic E-state index is 3.68. The van der Waals surface area contributed by atoms with Crippen LogP contribution in [0.4, 0.5) is 0 Å². The van der Waals surface area contributed by atoms with Crippen molar-refractivity contribution >= 4 is 0 Å². The maximum absolute atomic E-state index is 3.68. The van der Waals surface area contributed by atoms with Crippen LogP contribution in [0.5, 0.6) is 0 Å². The maximum Gasteiger partial charge on any atom is -0.0316 e. The van der Waals surface area contributed by atoms with Gasteiger partial charge in [-0.2, -0.15) is 0 Å². The van der Waals surface area contributed by atoms with Crippen molar-refractivity contribution in [2.75, 3.05) is 0 Å². The number of allylic oxidation sites excluding steroid dienone is 4. The fourth-order valence-electron chi connectivity index (χ4n) is 1.74. The van der Waals surface area contributed by atoms with Crippen molar-refractivity contribution < 1.29 is 0 Å². The fourth-order valence-corrected chi connectivity index (χ4v) is 1.74. The summed E-state index contributed by atoms with van der Waals surface area (Å²) in [5.41, 5.74) is 0. The zero-order valence-electron chi connectivity index (χ0n) is 11.1. The average molecular weight is 221 g/mol. The molecule has 0 heterocycles. The first-order chi connectivity index (χ1) is 7.91. The molecule has 0 atom stereocenters. The molecule has 0 amide bonds. The lowest BCUT2D eigenvalue weighted by molar-refractivity contribution is 0.651. The predicted molar refractivity (Wildman–Crippen MR) is 75.5 cm³/mol. The average Bonchev–Trinajstić information content (AvgIpc) is 2.31. The van der Waals surface area contributed by atoms with Crippen LogP contribution in [0.2, 0.25) is 0 Å². The van der Waals surface area contributed by atoms with E-state index in [0.717, 1.165) is 0 Å². The lowest BCUT2D eigenvalue weighted by atomic mass is 10.1. The van der Waals surface area contributed by atoms with E-state index >= 15 is 0 Å². The van der Waals surface area contributed by atoms with Gasteiger partial charge < -0.3 is 0 Å². The molecule has 16 heavy (non-hydrogen) atoms. The highest BCUT2D eigenvalue weighted by atomic mass is 13.9. The molecule has 0 nitrogen and oxygen atoms in total. The number of rotatable bonds is 11. The molecule has 0 unspecified atom stereocenters. The minimum absolute atomic E-state index is 1.20. The molecule has 0 rings (SSSR count). The van der Waals surface area contributed by atoms with Crippen molar-refractivity contribution in [1.82, 2.24) is 0 Å². The summed E-state index contributed by atoms with van der Waals surface area (Å²) < 4.78 is 0. The Hall–Kier alpha value is -0.520. The van der Waals surface area contributed by atoms with Gasteiger partial charge >= 0.3 is 0 Å². The Labute approximate surface area is 103 Å². The molecule has 0 aromatic carbocycles. The highest BCUT2D eigenvalue weighted by Gasteiger charge is 1.87. The SMILES string of the molecule is [CH2]C=CCCCCCCC=CCCCCC. The summed E-state index contributed by atoms with van der Waals surface area (Å²) in [7, 11) is 0.